The molecule has 136 valence electrons. The van der Waals surface area contributed by atoms with Gasteiger partial charge in [0, 0.05) is 33.9 Å². The van der Waals surface area contributed by atoms with Crippen LogP contribution in [0, 0.1) is 13.5 Å². The standard InChI is InChI=1S/C19H16BrN5O2/c1-11-15(21-2)8-22-18(23-11)24-16(26)9-25-10-19(5-6-19)14-7-12(20)3-4-13(14)17(25)27/h3-4,7-8H,5-6,9-10H2,1H3,(H,22,23,24,26). The van der Waals surface area contributed by atoms with Crippen LogP contribution in [-0.2, 0) is 10.2 Å². The van der Waals surface area contributed by atoms with Crippen molar-refractivity contribution < 1.29 is 9.59 Å². The predicted octanol–water partition coefficient (Wildman–Crippen LogP) is 3.22. The minimum absolute atomic E-state index is 0.0301. The fourth-order valence-electron chi connectivity index (χ4n) is 3.51. The number of aryl methyl sites for hydroxylation is 1. The molecule has 2 aliphatic rings. The number of nitrogens with zero attached hydrogens (tertiary/aromatic N) is 4. The summed E-state index contributed by atoms with van der Waals surface area (Å²) in [6.45, 7) is 9.19. The second kappa shape index (κ2) is 6.43. The topological polar surface area (TPSA) is 79.5 Å². The van der Waals surface area contributed by atoms with Crippen molar-refractivity contribution in [3.8, 4) is 0 Å². The Morgan fingerprint density at radius 2 is 2.22 bits per heavy atom. The number of carbonyl (C=O) groups is 2. The summed E-state index contributed by atoms with van der Waals surface area (Å²) in [5.41, 5.74) is 2.56. The Balaban J connectivity index is 1.51. The summed E-state index contributed by atoms with van der Waals surface area (Å²) < 4.78 is 0.960. The lowest BCUT2D eigenvalue weighted by molar-refractivity contribution is -0.117. The highest BCUT2D eigenvalue weighted by Gasteiger charge is 2.51. The van der Waals surface area contributed by atoms with Gasteiger partial charge in [-0.1, -0.05) is 15.9 Å². The molecule has 27 heavy (non-hydrogen) atoms. The molecule has 1 spiro atoms. The van der Waals surface area contributed by atoms with Crippen LogP contribution >= 0.6 is 15.9 Å². The van der Waals surface area contributed by atoms with Gasteiger partial charge in [0.2, 0.25) is 17.5 Å². The van der Waals surface area contributed by atoms with Gasteiger partial charge in [0.15, 0.2) is 0 Å². The Morgan fingerprint density at radius 3 is 2.89 bits per heavy atom. The van der Waals surface area contributed by atoms with Gasteiger partial charge in [0.1, 0.15) is 6.54 Å². The molecule has 2 aromatic rings. The van der Waals surface area contributed by atoms with E-state index in [1.54, 1.807) is 11.8 Å². The summed E-state index contributed by atoms with van der Waals surface area (Å²) in [4.78, 5) is 38.3. The van der Waals surface area contributed by atoms with Crippen LogP contribution in [0.5, 0.6) is 0 Å². The molecule has 0 radical (unpaired) electrons. The van der Waals surface area contributed by atoms with E-state index in [9.17, 15) is 9.59 Å². The first-order valence-electron chi connectivity index (χ1n) is 8.52. The monoisotopic (exact) mass is 425 g/mol. The van der Waals surface area contributed by atoms with Crippen LogP contribution in [0.15, 0.2) is 28.9 Å². The molecular weight excluding hydrogens is 410 g/mol. The molecule has 2 heterocycles. The summed E-state index contributed by atoms with van der Waals surface area (Å²) in [5.74, 6) is -0.347. The molecule has 1 aromatic heterocycles. The third kappa shape index (κ3) is 3.19. The van der Waals surface area contributed by atoms with Crippen molar-refractivity contribution in [3.63, 3.8) is 0 Å². The molecule has 1 aromatic carbocycles. The van der Waals surface area contributed by atoms with E-state index in [1.165, 1.54) is 6.20 Å². The van der Waals surface area contributed by atoms with Crippen LogP contribution in [0.1, 0.15) is 34.5 Å². The van der Waals surface area contributed by atoms with Gasteiger partial charge in [-0.2, -0.15) is 0 Å². The summed E-state index contributed by atoms with van der Waals surface area (Å²) in [7, 11) is 0. The fourth-order valence-corrected chi connectivity index (χ4v) is 3.87. The number of nitrogens with one attached hydrogen (secondary N) is 1. The molecule has 0 saturated heterocycles. The van der Waals surface area contributed by atoms with Gasteiger partial charge in [-0.3, -0.25) is 14.9 Å². The Kier molecular flexibility index (Phi) is 4.19. The smallest absolute Gasteiger partial charge is 0.254 e. The molecule has 8 heteroatoms. The molecular formula is C19H16BrN5O2. The maximum atomic E-state index is 12.8. The molecule has 0 unspecified atom stereocenters. The Hall–Kier alpha value is -2.79. The van der Waals surface area contributed by atoms with E-state index in [2.05, 4.69) is 36.1 Å². The molecule has 1 aliphatic carbocycles. The van der Waals surface area contributed by atoms with Crippen LogP contribution in [-0.4, -0.2) is 39.8 Å². The average molecular weight is 426 g/mol. The van der Waals surface area contributed by atoms with Gasteiger partial charge in [0.05, 0.1) is 6.57 Å². The Labute approximate surface area is 164 Å². The number of benzene rings is 1. The molecule has 0 bridgehead atoms. The molecule has 1 fully saturated rings. The SMILES string of the molecule is [C-]#[N+]c1cnc(NC(=O)CN2CC3(CC3)c3cc(Br)ccc3C2=O)nc1C. The quantitative estimate of drug-likeness (QED) is 0.765. The largest absolute Gasteiger partial charge is 0.328 e. The number of amides is 2. The maximum Gasteiger partial charge on any atom is 0.254 e. The highest BCUT2D eigenvalue weighted by atomic mass is 79.9. The first kappa shape index (κ1) is 17.6. The van der Waals surface area contributed by atoms with Gasteiger partial charge in [-0.15, -0.1) is 0 Å². The highest BCUT2D eigenvalue weighted by molar-refractivity contribution is 9.10. The van der Waals surface area contributed by atoms with E-state index in [0.29, 0.717) is 23.5 Å². The summed E-state index contributed by atoms with van der Waals surface area (Å²) in [6, 6.07) is 5.69. The maximum absolute atomic E-state index is 12.8. The van der Waals surface area contributed by atoms with E-state index in [0.717, 1.165) is 22.9 Å². The van der Waals surface area contributed by atoms with Crippen molar-refractivity contribution in [2.24, 2.45) is 0 Å². The van der Waals surface area contributed by atoms with Gasteiger partial charge < -0.3 is 4.90 Å². The van der Waals surface area contributed by atoms with Crippen molar-refractivity contribution in [3.05, 3.63) is 57.1 Å². The van der Waals surface area contributed by atoms with Crippen LogP contribution in [0.3, 0.4) is 0 Å². The third-order valence-corrected chi connectivity index (χ3v) is 5.57. The molecule has 1 aliphatic heterocycles. The fraction of sp³-hybridized carbons (Fsp3) is 0.316. The first-order valence-corrected chi connectivity index (χ1v) is 9.31. The molecule has 1 N–H and O–H groups in total. The zero-order chi connectivity index (χ0) is 19.2. The number of rotatable bonds is 3. The van der Waals surface area contributed by atoms with Gasteiger partial charge in [-0.05, 0) is 43.5 Å². The number of carbonyl (C=O) groups excluding carboxylic acids is 2. The Morgan fingerprint density at radius 1 is 1.44 bits per heavy atom. The minimum Gasteiger partial charge on any atom is -0.328 e. The first-order chi connectivity index (χ1) is 12.9. The van der Waals surface area contributed by atoms with Crippen molar-refractivity contribution in [1.82, 2.24) is 14.9 Å². The molecule has 4 rings (SSSR count). The van der Waals surface area contributed by atoms with Crippen LogP contribution < -0.4 is 5.32 Å². The number of halogens is 1. The minimum atomic E-state index is -0.352. The van der Waals surface area contributed by atoms with E-state index in [-0.39, 0.29) is 29.7 Å². The van der Waals surface area contributed by atoms with Gasteiger partial charge >= 0.3 is 0 Å². The third-order valence-electron chi connectivity index (χ3n) is 5.08. The van der Waals surface area contributed by atoms with Crippen molar-refractivity contribution in [2.75, 3.05) is 18.4 Å². The molecule has 7 nitrogen and oxygen atoms in total. The zero-order valence-corrected chi connectivity index (χ0v) is 16.2. The number of fused-ring (bicyclic) bond motifs is 2. The lowest BCUT2D eigenvalue weighted by Gasteiger charge is -2.34. The normalized spacial score (nSPS) is 16.6. The highest BCUT2D eigenvalue weighted by Crippen LogP contribution is 2.52. The molecule has 2 amide bonds. The summed E-state index contributed by atoms with van der Waals surface area (Å²) in [6.07, 6.45) is 3.41. The van der Waals surface area contributed by atoms with E-state index in [4.69, 9.17) is 6.57 Å². The zero-order valence-electron chi connectivity index (χ0n) is 14.6. The summed E-state index contributed by atoms with van der Waals surface area (Å²) >= 11 is 3.48. The van der Waals surface area contributed by atoms with Crippen LogP contribution in [0.4, 0.5) is 11.6 Å². The number of hydrogen-bond donors (Lipinski definition) is 1. The molecule has 0 atom stereocenters. The lowest BCUT2D eigenvalue weighted by Crippen LogP contribution is -2.46. The summed E-state index contributed by atoms with van der Waals surface area (Å²) in [5, 5.41) is 2.62. The second-order valence-corrected chi connectivity index (χ2v) is 7.87. The van der Waals surface area contributed by atoms with Crippen molar-refractivity contribution >= 4 is 39.4 Å². The van der Waals surface area contributed by atoms with Gasteiger partial charge in [0.25, 0.3) is 5.91 Å². The van der Waals surface area contributed by atoms with Crippen LogP contribution in [0.2, 0.25) is 0 Å². The van der Waals surface area contributed by atoms with E-state index < -0.39 is 0 Å². The van der Waals surface area contributed by atoms with Gasteiger partial charge in [-0.25, -0.2) is 14.8 Å². The number of aromatic nitrogens is 2. The van der Waals surface area contributed by atoms with E-state index >= 15 is 0 Å². The number of hydrogen-bond acceptors (Lipinski definition) is 4. The van der Waals surface area contributed by atoms with Crippen molar-refractivity contribution in [1.29, 1.82) is 0 Å². The van der Waals surface area contributed by atoms with E-state index in [1.807, 2.05) is 18.2 Å². The molecule has 1 saturated carbocycles. The lowest BCUT2D eigenvalue weighted by atomic mass is 9.86. The average Bonchev–Trinajstić information content (AvgIpc) is 3.40. The predicted molar refractivity (Wildman–Crippen MR) is 103 cm³/mol. The Bertz CT molecular complexity index is 1010. The van der Waals surface area contributed by atoms with Crippen LogP contribution in [0.25, 0.3) is 4.85 Å². The van der Waals surface area contributed by atoms with Crippen molar-refractivity contribution in [2.45, 2.75) is 25.2 Å². The second-order valence-electron chi connectivity index (χ2n) is 6.96. The number of anilines is 1.